The summed E-state index contributed by atoms with van der Waals surface area (Å²) in [6, 6.07) is 14.7. The molecule has 1 heterocycles. The number of amides is 1. The highest BCUT2D eigenvalue weighted by atomic mass is 32.2. The van der Waals surface area contributed by atoms with Crippen molar-refractivity contribution in [1.29, 1.82) is 0 Å². The first kappa shape index (κ1) is 21.3. The molecule has 0 spiro atoms. The van der Waals surface area contributed by atoms with Gasteiger partial charge in [0.25, 0.3) is 0 Å². The van der Waals surface area contributed by atoms with E-state index in [1.807, 2.05) is 26.0 Å². The third kappa shape index (κ3) is 4.62. The Labute approximate surface area is 173 Å². The average Bonchev–Trinajstić information content (AvgIpc) is 2.70. The van der Waals surface area contributed by atoms with E-state index in [4.69, 9.17) is 0 Å². The van der Waals surface area contributed by atoms with Gasteiger partial charge in [-0.05, 0) is 69.5 Å². The predicted octanol–water partition coefficient (Wildman–Crippen LogP) is 3.50. The molecule has 3 rings (SSSR count). The zero-order chi connectivity index (χ0) is 21.2. The Morgan fingerprint density at radius 1 is 1.17 bits per heavy atom. The summed E-state index contributed by atoms with van der Waals surface area (Å²) in [6.07, 6.45) is 2.04. The molecule has 29 heavy (non-hydrogen) atoms. The first-order chi connectivity index (χ1) is 13.7. The van der Waals surface area contributed by atoms with Gasteiger partial charge < -0.3 is 10.2 Å². The molecule has 0 fully saturated rings. The van der Waals surface area contributed by atoms with E-state index in [-0.39, 0.29) is 29.4 Å². The highest BCUT2D eigenvalue weighted by Crippen LogP contribution is 2.30. The fourth-order valence-electron chi connectivity index (χ4n) is 3.51. The molecule has 0 saturated carbocycles. The summed E-state index contributed by atoms with van der Waals surface area (Å²) in [5.74, 6) is -0.122. The minimum atomic E-state index is -3.53. The molecule has 6 nitrogen and oxygen atoms in total. The molecule has 1 atom stereocenters. The Morgan fingerprint density at radius 2 is 1.83 bits per heavy atom. The number of carbonyl (C=O) groups is 1. The Kier molecular flexibility index (Phi) is 6.29. The van der Waals surface area contributed by atoms with Crippen molar-refractivity contribution in [2.24, 2.45) is 0 Å². The van der Waals surface area contributed by atoms with Crippen LogP contribution in [0, 0.1) is 0 Å². The van der Waals surface area contributed by atoms with Gasteiger partial charge in [-0.15, -0.1) is 0 Å². The van der Waals surface area contributed by atoms with Crippen LogP contribution in [0.3, 0.4) is 0 Å². The molecule has 0 radical (unpaired) electrons. The van der Waals surface area contributed by atoms with Crippen molar-refractivity contribution >= 4 is 27.3 Å². The van der Waals surface area contributed by atoms with Crippen LogP contribution in [0.1, 0.15) is 32.8 Å². The monoisotopic (exact) mass is 415 g/mol. The molecule has 2 aromatic rings. The number of sulfonamides is 1. The van der Waals surface area contributed by atoms with Gasteiger partial charge in [-0.2, -0.15) is 4.31 Å². The standard InChI is InChI=1S/C22H29N3O3S/c1-16(2)24(4)29(27,28)20-13-11-19(12-14-20)23-22(26)15-25-17(3)9-10-18-7-5-6-8-21(18)25/h5-8,11-14,16-17H,9-10,15H2,1-4H3,(H,23,26)/t17-/m0/s1. The zero-order valence-corrected chi connectivity index (χ0v) is 18.2. The molecule has 156 valence electrons. The first-order valence-electron chi connectivity index (χ1n) is 9.92. The minimum absolute atomic E-state index is 0.122. The van der Waals surface area contributed by atoms with E-state index in [0.29, 0.717) is 5.69 Å². The van der Waals surface area contributed by atoms with E-state index >= 15 is 0 Å². The predicted molar refractivity (Wildman–Crippen MR) is 117 cm³/mol. The fourth-order valence-corrected chi connectivity index (χ4v) is 4.88. The van der Waals surface area contributed by atoms with Crippen LogP contribution >= 0.6 is 0 Å². The number of aryl methyl sites for hydroxylation is 1. The quantitative estimate of drug-likeness (QED) is 0.784. The first-order valence-corrected chi connectivity index (χ1v) is 11.4. The molecule has 0 unspecified atom stereocenters. The lowest BCUT2D eigenvalue weighted by molar-refractivity contribution is -0.115. The van der Waals surface area contributed by atoms with Gasteiger partial charge in [0.2, 0.25) is 15.9 Å². The van der Waals surface area contributed by atoms with Gasteiger partial charge >= 0.3 is 0 Å². The molecule has 1 N–H and O–H groups in total. The van der Waals surface area contributed by atoms with Crippen molar-refractivity contribution in [2.45, 2.75) is 50.6 Å². The number of hydrogen-bond acceptors (Lipinski definition) is 4. The van der Waals surface area contributed by atoms with Crippen LogP contribution in [-0.2, 0) is 21.2 Å². The lowest BCUT2D eigenvalue weighted by atomic mass is 9.96. The molecule has 0 saturated heterocycles. The van der Waals surface area contributed by atoms with Crippen molar-refractivity contribution in [1.82, 2.24) is 4.31 Å². The second kappa shape index (κ2) is 8.55. The third-order valence-electron chi connectivity index (χ3n) is 5.52. The summed E-state index contributed by atoms with van der Waals surface area (Å²) in [5.41, 5.74) is 2.96. The SMILES string of the molecule is CC(C)N(C)S(=O)(=O)c1ccc(NC(=O)CN2c3ccccc3CC[C@@H]2C)cc1. The number of hydrogen-bond donors (Lipinski definition) is 1. The van der Waals surface area contributed by atoms with Crippen LogP contribution in [0.15, 0.2) is 53.4 Å². The Balaban J connectivity index is 1.69. The second-order valence-corrected chi connectivity index (χ2v) is 9.83. The number of para-hydroxylation sites is 1. The van der Waals surface area contributed by atoms with Crippen molar-refractivity contribution in [3.8, 4) is 0 Å². The lowest BCUT2D eigenvalue weighted by Gasteiger charge is -2.36. The van der Waals surface area contributed by atoms with Crippen molar-refractivity contribution in [3.63, 3.8) is 0 Å². The number of carbonyl (C=O) groups excluding carboxylic acids is 1. The highest BCUT2D eigenvalue weighted by Gasteiger charge is 2.25. The summed E-state index contributed by atoms with van der Waals surface area (Å²) >= 11 is 0. The molecule has 2 aromatic carbocycles. The van der Waals surface area contributed by atoms with E-state index in [2.05, 4.69) is 29.3 Å². The van der Waals surface area contributed by atoms with Crippen LogP contribution in [0.5, 0.6) is 0 Å². The second-order valence-electron chi connectivity index (χ2n) is 7.83. The molecular weight excluding hydrogens is 386 g/mol. The molecule has 0 aromatic heterocycles. The fraction of sp³-hybridized carbons (Fsp3) is 0.409. The topological polar surface area (TPSA) is 69.7 Å². The van der Waals surface area contributed by atoms with Gasteiger partial charge in [0.1, 0.15) is 0 Å². The normalized spacial score (nSPS) is 16.8. The molecule has 1 aliphatic rings. The number of rotatable bonds is 6. The number of nitrogens with zero attached hydrogens (tertiary/aromatic N) is 2. The Bertz CT molecular complexity index is 971. The summed E-state index contributed by atoms with van der Waals surface area (Å²) < 4.78 is 26.4. The number of nitrogens with one attached hydrogen (secondary N) is 1. The van der Waals surface area contributed by atoms with Crippen molar-refractivity contribution < 1.29 is 13.2 Å². The van der Waals surface area contributed by atoms with Gasteiger partial charge in [-0.25, -0.2) is 8.42 Å². The molecule has 0 aliphatic carbocycles. The number of anilines is 2. The van der Waals surface area contributed by atoms with Crippen LogP contribution < -0.4 is 10.2 Å². The van der Waals surface area contributed by atoms with Crippen LogP contribution in [0.25, 0.3) is 0 Å². The summed E-state index contributed by atoms with van der Waals surface area (Å²) in [6.45, 7) is 6.04. The van der Waals surface area contributed by atoms with Gasteiger partial charge in [0.15, 0.2) is 0 Å². The number of fused-ring (bicyclic) bond motifs is 1. The maximum Gasteiger partial charge on any atom is 0.243 e. The molecular formula is C22H29N3O3S. The summed E-state index contributed by atoms with van der Waals surface area (Å²) in [4.78, 5) is 15.0. The largest absolute Gasteiger partial charge is 0.359 e. The van der Waals surface area contributed by atoms with Gasteiger partial charge in [-0.3, -0.25) is 4.79 Å². The Hall–Kier alpha value is -2.38. The smallest absolute Gasteiger partial charge is 0.243 e. The molecule has 1 aliphatic heterocycles. The van der Waals surface area contributed by atoms with Gasteiger partial charge in [-0.1, -0.05) is 18.2 Å². The van der Waals surface area contributed by atoms with E-state index in [1.165, 1.54) is 22.0 Å². The van der Waals surface area contributed by atoms with E-state index in [1.54, 1.807) is 19.2 Å². The molecule has 7 heteroatoms. The van der Waals surface area contributed by atoms with Gasteiger partial charge in [0.05, 0.1) is 11.4 Å². The lowest BCUT2D eigenvalue weighted by Crippen LogP contribution is -2.42. The highest BCUT2D eigenvalue weighted by molar-refractivity contribution is 7.89. The van der Waals surface area contributed by atoms with E-state index in [0.717, 1.165) is 18.5 Å². The van der Waals surface area contributed by atoms with Gasteiger partial charge in [0, 0.05) is 30.5 Å². The third-order valence-corrected chi connectivity index (χ3v) is 7.57. The molecule has 0 bridgehead atoms. The molecule has 1 amide bonds. The average molecular weight is 416 g/mol. The van der Waals surface area contributed by atoms with Crippen molar-refractivity contribution in [2.75, 3.05) is 23.8 Å². The number of benzene rings is 2. The maximum atomic E-state index is 12.6. The zero-order valence-electron chi connectivity index (χ0n) is 17.4. The van der Waals surface area contributed by atoms with Crippen LogP contribution in [0.4, 0.5) is 11.4 Å². The minimum Gasteiger partial charge on any atom is -0.359 e. The Morgan fingerprint density at radius 3 is 2.48 bits per heavy atom. The van der Waals surface area contributed by atoms with Crippen molar-refractivity contribution in [3.05, 3.63) is 54.1 Å². The van der Waals surface area contributed by atoms with Crippen LogP contribution in [0.2, 0.25) is 0 Å². The summed E-state index contributed by atoms with van der Waals surface area (Å²) in [7, 11) is -1.97. The van der Waals surface area contributed by atoms with E-state index < -0.39 is 10.0 Å². The van der Waals surface area contributed by atoms with Crippen LogP contribution in [-0.4, -0.2) is 44.3 Å². The maximum absolute atomic E-state index is 12.6. The van der Waals surface area contributed by atoms with E-state index in [9.17, 15) is 13.2 Å². The summed E-state index contributed by atoms with van der Waals surface area (Å²) in [5, 5.41) is 2.88.